The number of nitrogens with one attached hydrogen (secondary N) is 1. The Hall–Kier alpha value is -1.94. The van der Waals surface area contributed by atoms with Crippen LogP contribution in [0.4, 0.5) is 21.5 Å². The van der Waals surface area contributed by atoms with Crippen LogP contribution in [0.25, 0.3) is 0 Å². The fourth-order valence-electron chi connectivity index (χ4n) is 1.72. The summed E-state index contributed by atoms with van der Waals surface area (Å²) in [7, 11) is 0. The third-order valence-electron chi connectivity index (χ3n) is 2.58. The lowest BCUT2D eigenvalue weighted by molar-refractivity contribution is 0.244. The van der Waals surface area contributed by atoms with Crippen molar-refractivity contribution < 1.29 is 9.13 Å². The van der Waals surface area contributed by atoms with Crippen LogP contribution in [0, 0.1) is 5.82 Å². The lowest BCUT2D eigenvalue weighted by atomic mass is 10.2. The Kier molecular flexibility index (Phi) is 4.35. The number of hydrogen-bond donors (Lipinski definition) is 2. The van der Waals surface area contributed by atoms with Crippen molar-refractivity contribution in [3.05, 3.63) is 47.2 Å². The quantitative estimate of drug-likeness (QED) is 0.811. The molecule has 0 radical (unpaired) electrons. The minimum absolute atomic E-state index is 0.00968. The first kappa shape index (κ1) is 14.5. The number of ether oxygens (including phenoxy) is 1. The molecule has 2 rings (SSSR count). The summed E-state index contributed by atoms with van der Waals surface area (Å²) in [6.45, 7) is 3.83. The van der Waals surface area contributed by atoms with E-state index in [1.54, 1.807) is 18.2 Å². The number of nitrogen functional groups attached to an aromatic ring is 1. The molecule has 0 aliphatic heterocycles. The standard InChI is InChI=1S/C15H16ClFN2O/c1-9(2)20-15-8-11(4-6-13(15)18)19-14-7-10(16)3-5-12(14)17/h3-9,19H,18H2,1-2H3. The Morgan fingerprint density at radius 1 is 1.20 bits per heavy atom. The first-order valence-electron chi connectivity index (χ1n) is 6.24. The van der Waals surface area contributed by atoms with Crippen LogP contribution in [0.1, 0.15) is 13.8 Å². The maximum Gasteiger partial charge on any atom is 0.146 e. The molecular weight excluding hydrogens is 279 g/mol. The first-order chi connectivity index (χ1) is 9.45. The van der Waals surface area contributed by atoms with Crippen molar-refractivity contribution in [2.75, 3.05) is 11.1 Å². The van der Waals surface area contributed by atoms with Crippen molar-refractivity contribution in [3.63, 3.8) is 0 Å². The average molecular weight is 295 g/mol. The molecule has 0 aliphatic rings. The summed E-state index contributed by atoms with van der Waals surface area (Å²) in [6.07, 6.45) is 0.00968. The Bertz CT molecular complexity index is 617. The van der Waals surface area contributed by atoms with Gasteiger partial charge in [-0.2, -0.15) is 0 Å². The SMILES string of the molecule is CC(C)Oc1cc(Nc2cc(Cl)ccc2F)ccc1N. The Morgan fingerprint density at radius 3 is 2.65 bits per heavy atom. The second-order valence-electron chi connectivity index (χ2n) is 4.67. The van der Waals surface area contributed by atoms with Crippen LogP contribution in [0.15, 0.2) is 36.4 Å². The number of anilines is 3. The van der Waals surface area contributed by atoms with Gasteiger partial charge in [-0.15, -0.1) is 0 Å². The highest BCUT2D eigenvalue weighted by atomic mass is 35.5. The van der Waals surface area contributed by atoms with Gasteiger partial charge >= 0.3 is 0 Å². The van der Waals surface area contributed by atoms with Crippen molar-refractivity contribution in [2.24, 2.45) is 0 Å². The number of benzene rings is 2. The Labute approximate surface area is 122 Å². The normalized spacial score (nSPS) is 10.7. The van der Waals surface area contributed by atoms with Gasteiger partial charge in [0.05, 0.1) is 17.5 Å². The molecule has 106 valence electrons. The van der Waals surface area contributed by atoms with Crippen molar-refractivity contribution in [3.8, 4) is 5.75 Å². The zero-order valence-electron chi connectivity index (χ0n) is 11.3. The molecule has 0 amide bonds. The van der Waals surface area contributed by atoms with E-state index in [1.807, 2.05) is 13.8 Å². The number of hydrogen-bond acceptors (Lipinski definition) is 3. The Morgan fingerprint density at radius 2 is 1.95 bits per heavy atom. The molecule has 20 heavy (non-hydrogen) atoms. The van der Waals surface area contributed by atoms with Gasteiger partial charge in [-0.25, -0.2) is 4.39 Å². The summed E-state index contributed by atoms with van der Waals surface area (Å²) < 4.78 is 19.3. The summed E-state index contributed by atoms with van der Waals surface area (Å²) in [4.78, 5) is 0. The van der Waals surface area contributed by atoms with Gasteiger partial charge in [0.25, 0.3) is 0 Å². The highest BCUT2D eigenvalue weighted by molar-refractivity contribution is 6.30. The maximum absolute atomic E-state index is 13.7. The maximum atomic E-state index is 13.7. The predicted octanol–water partition coefficient (Wildman–Crippen LogP) is 4.59. The summed E-state index contributed by atoms with van der Waals surface area (Å²) in [5.41, 5.74) is 7.36. The van der Waals surface area contributed by atoms with Gasteiger partial charge in [-0.3, -0.25) is 0 Å². The second kappa shape index (κ2) is 6.01. The van der Waals surface area contributed by atoms with Crippen LogP contribution in [0.5, 0.6) is 5.75 Å². The van der Waals surface area contributed by atoms with E-state index in [-0.39, 0.29) is 11.9 Å². The molecule has 0 saturated carbocycles. The van der Waals surface area contributed by atoms with E-state index in [1.165, 1.54) is 18.2 Å². The van der Waals surface area contributed by atoms with E-state index in [9.17, 15) is 4.39 Å². The monoisotopic (exact) mass is 294 g/mol. The zero-order valence-corrected chi connectivity index (χ0v) is 12.0. The summed E-state index contributed by atoms with van der Waals surface area (Å²) in [6, 6.07) is 9.53. The topological polar surface area (TPSA) is 47.3 Å². The second-order valence-corrected chi connectivity index (χ2v) is 5.10. The van der Waals surface area contributed by atoms with Crippen LogP contribution in [0.3, 0.4) is 0 Å². The van der Waals surface area contributed by atoms with E-state index in [0.717, 1.165) is 0 Å². The van der Waals surface area contributed by atoms with Gasteiger partial charge in [0, 0.05) is 16.8 Å². The minimum atomic E-state index is -0.377. The molecule has 5 heteroatoms. The lowest BCUT2D eigenvalue weighted by Gasteiger charge is -2.14. The highest BCUT2D eigenvalue weighted by Crippen LogP contribution is 2.30. The molecule has 0 unspecified atom stereocenters. The lowest BCUT2D eigenvalue weighted by Crippen LogP contribution is -2.07. The molecule has 0 aromatic heterocycles. The van der Waals surface area contributed by atoms with Crippen LogP contribution in [0.2, 0.25) is 5.02 Å². The first-order valence-corrected chi connectivity index (χ1v) is 6.62. The fourth-order valence-corrected chi connectivity index (χ4v) is 1.89. The third-order valence-corrected chi connectivity index (χ3v) is 2.82. The number of nitrogens with two attached hydrogens (primary N) is 1. The van der Waals surface area contributed by atoms with E-state index in [4.69, 9.17) is 22.1 Å². The molecule has 0 saturated heterocycles. The van der Waals surface area contributed by atoms with Gasteiger partial charge in [-0.05, 0) is 44.2 Å². The molecule has 0 bridgehead atoms. The van der Waals surface area contributed by atoms with Gasteiger partial charge in [0.1, 0.15) is 11.6 Å². The summed E-state index contributed by atoms with van der Waals surface area (Å²) in [5.74, 6) is 0.185. The summed E-state index contributed by atoms with van der Waals surface area (Å²) >= 11 is 5.86. The van der Waals surface area contributed by atoms with E-state index >= 15 is 0 Å². The van der Waals surface area contributed by atoms with E-state index < -0.39 is 0 Å². The van der Waals surface area contributed by atoms with Gasteiger partial charge < -0.3 is 15.8 Å². The predicted molar refractivity (Wildman–Crippen MR) is 81.3 cm³/mol. The summed E-state index contributed by atoms with van der Waals surface area (Å²) in [5, 5.41) is 3.42. The van der Waals surface area contributed by atoms with Crippen LogP contribution < -0.4 is 15.8 Å². The fraction of sp³-hybridized carbons (Fsp3) is 0.200. The highest BCUT2D eigenvalue weighted by Gasteiger charge is 2.07. The van der Waals surface area contributed by atoms with E-state index in [2.05, 4.69) is 5.32 Å². The smallest absolute Gasteiger partial charge is 0.146 e. The molecular formula is C15H16ClFN2O. The molecule has 0 aliphatic carbocycles. The zero-order chi connectivity index (χ0) is 14.7. The Balaban J connectivity index is 2.27. The molecule has 3 nitrogen and oxygen atoms in total. The van der Waals surface area contributed by atoms with Crippen LogP contribution in [-0.4, -0.2) is 6.10 Å². The molecule has 0 heterocycles. The molecule has 0 atom stereocenters. The van der Waals surface area contributed by atoms with Crippen molar-refractivity contribution in [1.82, 2.24) is 0 Å². The molecule has 3 N–H and O–H groups in total. The molecule has 0 fully saturated rings. The van der Waals surface area contributed by atoms with Crippen molar-refractivity contribution in [2.45, 2.75) is 20.0 Å². The number of halogens is 2. The number of rotatable bonds is 4. The molecule has 0 spiro atoms. The molecule has 2 aromatic rings. The van der Waals surface area contributed by atoms with E-state index in [0.29, 0.717) is 27.8 Å². The van der Waals surface area contributed by atoms with Crippen molar-refractivity contribution >= 4 is 28.7 Å². The van der Waals surface area contributed by atoms with Gasteiger partial charge in [0.2, 0.25) is 0 Å². The minimum Gasteiger partial charge on any atom is -0.489 e. The average Bonchev–Trinajstić information content (AvgIpc) is 2.37. The van der Waals surface area contributed by atoms with Crippen LogP contribution >= 0.6 is 11.6 Å². The largest absolute Gasteiger partial charge is 0.489 e. The van der Waals surface area contributed by atoms with Gasteiger partial charge in [-0.1, -0.05) is 11.6 Å². The van der Waals surface area contributed by atoms with Gasteiger partial charge in [0.15, 0.2) is 0 Å². The van der Waals surface area contributed by atoms with Crippen LogP contribution in [-0.2, 0) is 0 Å². The third kappa shape index (κ3) is 3.54. The van der Waals surface area contributed by atoms with Crippen molar-refractivity contribution in [1.29, 1.82) is 0 Å². The molecule has 2 aromatic carbocycles.